The molecular weight excluding hydrogens is 152 g/mol. The molecule has 0 aliphatic rings. The van der Waals surface area contributed by atoms with Gasteiger partial charge in [-0.15, -0.1) is 0 Å². The van der Waals surface area contributed by atoms with Crippen molar-refractivity contribution in [1.29, 1.82) is 0 Å². The molecule has 0 aromatic carbocycles. The van der Waals surface area contributed by atoms with Gasteiger partial charge < -0.3 is 10.7 Å². The lowest BCUT2D eigenvalue weighted by Gasteiger charge is -1.98. The van der Waals surface area contributed by atoms with Crippen LogP contribution in [-0.4, -0.2) is 15.0 Å². The maximum Gasteiger partial charge on any atom is 0.109 e. The van der Waals surface area contributed by atoms with Gasteiger partial charge in [-0.05, 0) is 13.0 Å². The fourth-order valence-corrected chi connectivity index (χ4v) is 1.27. The second-order valence-corrected chi connectivity index (χ2v) is 2.70. The zero-order chi connectivity index (χ0) is 8.55. The molecule has 0 atom stereocenters. The zero-order valence-corrected chi connectivity index (χ0v) is 6.83. The van der Waals surface area contributed by atoms with Crippen LogP contribution in [0.5, 0.6) is 0 Å². The van der Waals surface area contributed by atoms with E-state index in [4.69, 9.17) is 5.73 Å². The van der Waals surface area contributed by atoms with Crippen LogP contribution in [-0.2, 0) is 6.54 Å². The Kier molecular flexibility index (Phi) is 1.55. The molecule has 4 nitrogen and oxygen atoms in total. The van der Waals surface area contributed by atoms with Crippen LogP contribution >= 0.6 is 0 Å². The van der Waals surface area contributed by atoms with Gasteiger partial charge in [-0.3, -0.25) is 4.98 Å². The quantitative estimate of drug-likeness (QED) is 0.649. The molecule has 62 valence electrons. The van der Waals surface area contributed by atoms with Crippen molar-refractivity contribution >= 4 is 11.0 Å². The summed E-state index contributed by atoms with van der Waals surface area (Å²) in [5.41, 5.74) is 9.23. The third kappa shape index (κ3) is 0.967. The first-order valence-corrected chi connectivity index (χ1v) is 3.81. The molecule has 0 aliphatic carbocycles. The van der Waals surface area contributed by atoms with Crippen molar-refractivity contribution in [2.45, 2.75) is 13.5 Å². The number of H-pyrrole nitrogens is 1. The Hall–Kier alpha value is -1.42. The number of nitrogens with one attached hydrogen (secondary N) is 1. The summed E-state index contributed by atoms with van der Waals surface area (Å²) in [6, 6.07) is 1.93. The van der Waals surface area contributed by atoms with Crippen LogP contribution in [0.15, 0.2) is 12.4 Å². The molecule has 0 fully saturated rings. The number of nitrogens with two attached hydrogens (primary N) is 1. The molecule has 2 rings (SSSR count). The number of fused-ring (bicyclic) bond motifs is 1. The average molecular weight is 162 g/mol. The lowest BCUT2D eigenvalue weighted by atomic mass is 10.2. The summed E-state index contributed by atoms with van der Waals surface area (Å²) in [6.07, 6.45) is 1.67. The fourth-order valence-electron chi connectivity index (χ4n) is 1.27. The summed E-state index contributed by atoms with van der Waals surface area (Å²) in [7, 11) is 0. The van der Waals surface area contributed by atoms with Crippen molar-refractivity contribution in [2.75, 3.05) is 0 Å². The summed E-state index contributed by atoms with van der Waals surface area (Å²) < 4.78 is 0. The fraction of sp³-hybridized carbons (Fsp3) is 0.250. The molecule has 2 aromatic rings. The molecule has 2 aromatic heterocycles. The molecule has 3 N–H and O–H groups in total. The van der Waals surface area contributed by atoms with E-state index in [0.29, 0.717) is 6.54 Å². The molecular formula is C8H10N4. The van der Waals surface area contributed by atoms with E-state index in [1.807, 2.05) is 13.0 Å². The van der Waals surface area contributed by atoms with E-state index in [-0.39, 0.29) is 0 Å². The summed E-state index contributed by atoms with van der Waals surface area (Å²) in [5, 5.41) is 0. The van der Waals surface area contributed by atoms with Gasteiger partial charge in [0.1, 0.15) is 5.52 Å². The van der Waals surface area contributed by atoms with Gasteiger partial charge in [-0.25, -0.2) is 4.98 Å². The highest BCUT2D eigenvalue weighted by Gasteiger charge is 2.02. The third-order valence-electron chi connectivity index (χ3n) is 1.84. The van der Waals surface area contributed by atoms with Crippen molar-refractivity contribution < 1.29 is 0 Å². The van der Waals surface area contributed by atoms with Crippen molar-refractivity contribution in [3.63, 3.8) is 0 Å². The number of imidazole rings is 1. The van der Waals surface area contributed by atoms with Gasteiger partial charge in [0.05, 0.1) is 23.2 Å². The number of aromatic nitrogens is 3. The minimum absolute atomic E-state index is 0.468. The third-order valence-corrected chi connectivity index (χ3v) is 1.84. The monoisotopic (exact) mass is 162 g/mol. The number of aromatic amines is 1. The highest BCUT2D eigenvalue weighted by Crippen LogP contribution is 2.12. The van der Waals surface area contributed by atoms with E-state index in [1.54, 1.807) is 6.33 Å². The van der Waals surface area contributed by atoms with Crippen molar-refractivity contribution in [1.82, 2.24) is 15.0 Å². The normalized spacial score (nSPS) is 10.8. The predicted octanol–water partition coefficient (Wildman–Crippen LogP) is 0.725. The van der Waals surface area contributed by atoms with Crippen LogP contribution in [0, 0.1) is 6.92 Å². The molecule has 0 saturated carbocycles. The van der Waals surface area contributed by atoms with Crippen LogP contribution in [0.2, 0.25) is 0 Å². The van der Waals surface area contributed by atoms with Gasteiger partial charge in [0.15, 0.2) is 0 Å². The molecule has 0 saturated heterocycles. The highest BCUT2D eigenvalue weighted by atomic mass is 14.9. The van der Waals surface area contributed by atoms with Gasteiger partial charge in [0, 0.05) is 6.54 Å². The minimum Gasteiger partial charge on any atom is -0.344 e. The van der Waals surface area contributed by atoms with Crippen LogP contribution in [0.3, 0.4) is 0 Å². The Balaban J connectivity index is 2.75. The SMILES string of the molecule is Cc1nc(CN)cc2[nH]cnc12. The Labute approximate surface area is 69.8 Å². The molecule has 12 heavy (non-hydrogen) atoms. The Morgan fingerprint density at radius 2 is 2.42 bits per heavy atom. The van der Waals surface area contributed by atoms with Gasteiger partial charge >= 0.3 is 0 Å². The first-order chi connectivity index (χ1) is 5.81. The maximum absolute atomic E-state index is 5.48. The van der Waals surface area contributed by atoms with Crippen LogP contribution in [0.25, 0.3) is 11.0 Å². The lowest BCUT2D eigenvalue weighted by Crippen LogP contribution is -2.00. The molecule has 0 aliphatic heterocycles. The van der Waals surface area contributed by atoms with Crippen molar-refractivity contribution in [2.24, 2.45) is 5.73 Å². The van der Waals surface area contributed by atoms with E-state index >= 15 is 0 Å². The molecule has 4 heteroatoms. The van der Waals surface area contributed by atoms with Gasteiger partial charge in [0.25, 0.3) is 0 Å². The van der Waals surface area contributed by atoms with Gasteiger partial charge in [0.2, 0.25) is 0 Å². The molecule has 0 unspecified atom stereocenters. The standard InChI is InChI=1S/C8H10N4/c1-5-8-7(10-4-11-8)2-6(3-9)12-5/h2,4H,3,9H2,1H3,(H,10,11). The smallest absolute Gasteiger partial charge is 0.109 e. The van der Waals surface area contributed by atoms with Crippen molar-refractivity contribution in [3.8, 4) is 0 Å². The van der Waals surface area contributed by atoms with E-state index in [2.05, 4.69) is 15.0 Å². The van der Waals surface area contributed by atoms with E-state index in [0.717, 1.165) is 22.4 Å². The number of pyridine rings is 1. The summed E-state index contributed by atoms with van der Waals surface area (Å²) in [6.45, 7) is 2.40. The Morgan fingerprint density at radius 3 is 3.17 bits per heavy atom. The van der Waals surface area contributed by atoms with Crippen LogP contribution in [0.1, 0.15) is 11.4 Å². The van der Waals surface area contributed by atoms with Gasteiger partial charge in [-0.2, -0.15) is 0 Å². The van der Waals surface area contributed by atoms with Crippen molar-refractivity contribution in [3.05, 3.63) is 23.8 Å². The highest BCUT2D eigenvalue weighted by molar-refractivity contribution is 5.76. The predicted molar refractivity (Wildman–Crippen MR) is 46.5 cm³/mol. The zero-order valence-electron chi connectivity index (χ0n) is 6.83. The van der Waals surface area contributed by atoms with Crippen LogP contribution in [0.4, 0.5) is 0 Å². The number of aryl methyl sites for hydroxylation is 1. The molecule has 0 bridgehead atoms. The second-order valence-electron chi connectivity index (χ2n) is 2.70. The van der Waals surface area contributed by atoms with Gasteiger partial charge in [-0.1, -0.05) is 0 Å². The number of nitrogens with zero attached hydrogens (tertiary/aromatic N) is 2. The first-order valence-electron chi connectivity index (χ1n) is 3.81. The summed E-state index contributed by atoms with van der Waals surface area (Å²) in [4.78, 5) is 11.4. The van der Waals surface area contributed by atoms with E-state index in [1.165, 1.54) is 0 Å². The number of hydrogen-bond donors (Lipinski definition) is 2. The number of hydrogen-bond acceptors (Lipinski definition) is 3. The average Bonchev–Trinajstić information content (AvgIpc) is 2.52. The first kappa shape index (κ1) is 7.24. The van der Waals surface area contributed by atoms with E-state index in [9.17, 15) is 0 Å². The summed E-state index contributed by atoms with van der Waals surface area (Å²) >= 11 is 0. The molecule has 2 heterocycles. The Bertz CT molecular complexity index is 404. The lowest BCUT2D eigenvalue weighted by molar-refractivity contribution is 0.977. The maximum atomic E-state index is 5.48. The second kappa shape index (κ2) is 2.57. The largest absolute Gasteiger partial charge is 0.344 e. The minimum atomic E-state index is 0.468. The molecule has 0 amide bonds. The Morgan fingerprint density at radius 1 is 1.58 bits per heavy atom. The number of rotatable bonds is 1. The molecule has 0 spiro atoms. The van der Waals surface area contributed by atoms with E-state index < -0.39 is 0 Å². The molecule has 0 radical (unpaired) electrons. The summed E-state index contributed by atoms with van der Waals surface area (Å²) in [5.74, 6) is 0. The van der Waals surface area contributed by atoms with Crippen LogP contribution < -0.4 is 5.73 Å². The topological polar surface area (TPSA) is 67.6 Å².